The molecular formula is C23H27F3N4O3S. The molecule has 11 heteroatoms. The standard InChI is InChI=1S/C23H27F3N4O3S/c1-21(2,3)33-20(31)28-19-9-8-18(14-27-19)34-30-12-10-29(11-13-30)17-6-4-16(5-7-17)22(15-32-22)23(24,25)26/h4-9,14H,10-13,15H2,1-3H3,(H,27,28,31). The molecule has 34 heavy (non-hydrogen) atoms. The molecule has 0 aliphatic carbocycles. The Bertz CT molecular complexity index is 998. The largest absolute Gasteiger partial charge is 0.444 e. The molecule has 1 amide bonds. The first-order valence-electron chi connectivity index (χ1n) is 10.9. The number of benzene rings is 1. The first kappa shape index (κ1) is 24.6. The van der Waals surface area contributed by atoms with Gasteiger partial charge in [-0.05, 0) is 62.5 Å². The van der Waals surface area contributed by atoms with Crippen molar-refractivity contribution in [2.75, 3.05) is 43.0 Å². The molecule has 3 heterocycles. The van der Waals surface area contributed by atoms with Crippen molar-refractivity contribution in [1.82, 2.24) is 9.29 Å². The quantitative estimate of drug-likeness (QED) is 0.459. The lowest BCUT2D eigenvalue weighted by Gasteiger charge is -2.35. The SMILES string of the molecule is CC(C)(C)OC(=O)Nc1ccc(SN2CCN(c3ccc(C4(C(F)(F)F)CO4)cc3)CC2)cn1. The molecule has 7 nitrogen and oxygen atoms in total. The molecule has 0 saturated carbocycles. The molecule has 1 aromatic carbocycles. The van der Waals surface area contributed by atoms with Gasteiger partial charge in [0.25, 0.3) is 0 Å². The first-order valence-corrected chi connectivity index (χ1v) is 11.7. The molecule has 0 spiro atoms. The summed E-state index contributed by atoms with van der Waals surface area (Å²) >= 11 is 1.57. The van der Waals surface area contributed by atoms with Crippen molar-refractivity contribution in [3.8, 4) is 0 Å². The lowest BCUT2D eigenvalue weighted by molar-refractivity contribution is -0.187. The monoisotopic (exact) mass is 496 g/mol. The molecule has 2 saturated heterocycles. The minimum atomic E-state index is -4.41. The van der Waals surface area contributed by atoms with Gasteiger partial charge >= 0.3 is 12.3 Å². The van der Waals surface area contributed by atoms with Crippen LogP contribution in [0.3, 0.4) is 0 Å². The number of aromatic nitrogens is 1. The molecule has 184 valence electrons. The van der Waals surface area contributed by atoms with Crippen molar-refractivity contribution in [2.45, 2.75) is 43.0 Å². The third kappa shape index (κ3) is 5.76. The van der Waals surface area contributed by atoms with Crippen LogP contribution in [0.15, 0.2) is 47.5 Å². The molecule has 4 rings (SSSR count). The molecule has 1 N–H and O–H groups in total. The number of ether oxygens (including phenoxy) is 2. The van der Waals surface area contributed by atoms with Crippen molar-refractivity contribution in [3.63, 3.8) is 0 Å². The molecule has 0 radical (unpaired) electrons. The summed E-state index contributed by atoms with van der Waals surface area (Å²) in [5, 5.41) is 2.61. The Labute approximate surface area is 200 Å². The van der Waals surface area contributed by atoms with Crippen LogP contribution in [0.2, 0.25) is 0 Å². The van der Waals surface area contributed by atoms with E-state index < -0.39 is 23.5 Å². The number of anilines is 2. The van der Waals surface area contributed by atoms with E-state index in [0.29, 0.717) is 5.82 Å². The van der Waals surface area contributed by atoms with Gasteiger partial charge < -0.3 is 14.4 Å². The third-order valence-electron chi connectivity index (χ3n) is 5.43. The van der Waals surface area contributed by atoms with Gasteiger partial charge in [0.15, 0.2) is 0 Å². The highest BCUT2D eigenvalue weighted by molar-refractivity contribution is 7.97. The molecule has 1 aromatic heterocycles. The smallest absolute Gasteiger partial charge is 0.424 e. The van der Waals surface area contributed by atoms with E-state index >= 15 is 0 Å². The van der Waals surface area contributed by atoms with Gasteiger partial charge in [-0.3, -0.25) is 5.32 Å². The lowest BCUT2D eigenvalue weighted by atomic mass is 9.99. The van der Waals surface area contributed by atoms with Gasteiger partial charge in [-0.1, -0.05) is 12.1 Å². The number of hydrogen-bond acceptors (Lipinski definition) is 7. The van der Waals surface area contributed by atoms with Crippen LogP contribution in [0.5, 0.6) is 0 Å². The number of carbonyl (C=O) groups excluding carboxylic acids is 1. The van der Waals surface area contributed by atoms with Gasteiger partial charge in [-0.25, -0.2) is 14.1 Å². The fourth-order valence-corrected chi connectivity index (χ4v) is 4.48. The first-order chi connectivity index (χ1) is 16.0. The number of amides is 1. The van der Waals surface area contributed by atoms with Crippen LogP contribution in [0, 0.1) is 0 Å². The van der Waals surface area contributed by atoms with E-state index in [0.717, 1.165) is 36.8 Å². The maximum atomic E-state index is 13.2. The number of epoxide rings is 1. The number of halogens is 3. The highest BCUT2D eigenvalue weighted by Gasteiger charge is 2.67. The number of nitrogens with zero attached hydrogens (tertiary/aromatic N) is 3. The Morgan fingerprint density at radius 2 is 1.74 bits per heavy atom. The maximum absolute atomic E-state index is 13.2. The van der Waals surface area contributed by atoms with E-state index in [1.165, 1.54) is 12.1 Å². The topological polar surface area (TPSA) is 70.2 Å². The van der Waals surface area contributed by atoms with Crippen LogP contribution >= 0.6 is 11.9 Å². The summed E-state index contributed by atoms with van der Waals surface area (Å²) in [7, 11) is 0. The zero-order chi connectivity index (χ0) is 24.6. The Kier molecular flexibility index (Phi) is 6.71. The molecular weight excluding hydrogens is 469 g/mol. The molecule has 2 fully saturated rings. The summed E-state index contributed by atoms with van der Waals surface area (Å²) in [5.74, 6) is 0.413. The van der Waals surface area contributed by atoms with Gasteiger partial charge in [-0.15, -0.1) is 0 Å². The number of carbonyl (C=O) groups is 1. The highest BCUT2D eigenvalue weighted by Crippen LogP contribution is 2.51. The number of pyridine rings is 1. The normalized spacial score (nSPS) is 21.3. The van der Waals surface area contributed by atoms with Crippen LogP contribution in [-0.4, -0.2) is 59.9 Å². The molecule has 2 aliphatic heterocycles. The van der Waals surface area contributed by atoms with Gasteiger partial charge in [0.05, 0.1) is 6.61 Å². The van der Waals surface area contributed by atoms with E-state index in [-0.39, 0.29) is 12.2 Å². The van der Waals surface area contributed by atoms with Gasteiger partial charge in [0.1, 0.15) is 11.4 Å². The van der Waals surface area contributed by atoms with Crippen molar-refractivity contribution >= 4 is 29.5 Å². The average Bonchev–Trinajstić information content (AvgIpc) is 3.57. The minimum absolute atomic E-state index is 0.148. The van der Waals surface area contributed by atoms with Gasteiger partial charge in [0.2, 0.25) is 5.60 Å². The van der Waals surface area contributed by atoms with Crippen LogP contribution in [0.1, 0.15) is 26.3 Å². The van der Waals surface area contributed by atoms with Crippen LogP contribution in [0.4, 0.5) is 29.5 Å². The van der Waals surface area contributed by atoms with Crippen LogP contribution in [-0.2, 0) is 15.1 Å². The van der Waals surface area contributed by atoms with Crippen molar-refractivity contribution in [2.24, 2.45) is 0 Å². The Morgan fingerprint density at radius 1 is 1.09 bits per heavy atom. The number of alkyl halides is 3. The number of hydrogen-bond donors (Lipinski definition) is 1. The number of nitrogens with one attached hydrogen (secondary N) is 1. The molecule has 2 aliphatic rings. The van der Waals surface area contributed by atoms with E-state index in [1.807, 2.05) is 6.07 Å². The molecule has 0 bridgehead atoms. The predicted octanol–water partition coefficient (Wildman–Crippen LogP) is 5.05. The summed E-state index contributed by atoms with van der Waals surface area (Å²) in [4.78, 5) is 19.2. The minimum Gasteiger partial charge on any atom is -0.444 e. The van der Waals surface area contributed by atoms with E-state index in [1.54, 1.807) is 57.1 Å². The summed E-state index contributed by atoms with van der Waals surface area (Å²) in [6.45, 7) is 8.11. The van der Waals surface area contributed by atoms with Crippen LogP contribution in [0.25, 0.3) is 0 Å². The second-order valence-corrected chi connectivity index (χ2v) is 10.3. The Morgan fingerprint density at radius 3 is 2.24 bits per heavy atom. The maximum Gasteiger partial charge on any atom is 0.424 e. The van der Waals surface area contributed by atoms with Gasteiger partial charge in [-0.2, -0.15) is 13.2 Å². The zero-order valence-corrected chi connectivity index (χ0v) is 20.0. The second kappa shape index (κ2) is 9.27. The number of rotatable bonds is 5. The van der Waals surface area contributed by atoms with Crippen molar-refractivity contribution in [3.05, 3.63) is 48.2 Å². The fourth-order valence-electron chi connectivity index (χ4n) is 3.61. The van der Waals surface area contributed by atoms with Gasteiger partial charge in [0, 0.05) is 43.0 Å². The van der Waals surface area contributed by atoms with Crippen molar-refractivity contribution < 1.29 is 27.4 Å². The summed E-state index contributed by atoms with van der Waals surface area (Å²) < 4.78 is 51.9. The number of piperazine rings is 1. The highest BCUT2D eigenvalue weighted by atomic mass is 32.2. The lowest BCUT2D eigenvalue weighted by Crippen LogP contribution is -2.43. The zero-order valence-electron chi connectivity index (χ0n) is 19.2. The van der Waals surface area contributed by atoms with Crippen LogP contribution < -0.4 is 10.2 Å². The summed E-state index contributed by atoms with van der Waals surface area (Å²) in [5.41, 5.74) is -1.67. The Hall–Kier alpha value is -2.50. The van der Waals surface area contributed by atoms with E-state index in [4.69, 9.17) is 9.47 Å². The molecule has 2 aromatic rings. The van der Waals surface area contributed by atoms with E-state index in [2.05, 4.69) is 19.5 Å². The average molecular weight is 497 g/mol. The summed E-state index contributed by atoms with van der Waals surface area (Å²) in [6.07, 6.45) is -3.27. The predicted molar refractivity (Wildman–Crippen MR) is 124 cm³/mol. The fraction of sp³-hybridized carbons (Fsp3) is 0.478. The molecule has 1 atom stereocenters. The molecule has 1 unspecified atom stereocenters. The third-order valence-corrected chi connectivity index (χ3v) is 6.50. The second-order valence-electron chi connectivity index (χ2n) is 9.17. The van der Waals surface area contributed by atoms with Crippen molar-refractivity contribution in [1.29, 1.82) is 0 Å². The summed E-state index contributed by atoms with van der Waals surface area (Å²) in [6, 6.07) is 10.1. The van der Waals surface area contributed by atoms with E-state index in [9.17, 15) is 18.0 Å². The Balaban J connectivity index is 1.26.